The summed E-state index contributed by atoms with van der Waals surface area (Å²) < 4.78 is 5.37. The van der Waals surface area contributed by atoms with Crippen molar-refractivity contribution in [1.29, 1.82) is 0 Å². The number of esters is 1. The van der Waals surface area contributed by atoms with Crippen LogP contribution >= 0.6 is 11.6 Å². The zero-order chi connectivity index (χ0) is 20.9. The number of hydrogen-bond acceptors (Lipinski definition) is 4. The van der Waals surface area contributed by atoms with Crippen LogP contribution in [0.4, 0.5) is 11.4 Å². The zero-order valence-electron chi connectivity index (χ0n) is 17.5. The van der Waals surface area contributed by atoms with Gasteiger partial charge < -0.3 is 4.74 Å². The van der Waals surface area contributed by atoms with Crippen LogP contribution in [0.5, 0.6) is 5.75 Å². The van der Waals surface area contributed by atoms with E-state index in [9.17, 15) is 4.79 Å². The number of halogens is 1. The third-order valence-corrected chi connectivity index (χ3v) is 4.97. The SMILES string of the molecule is CCCCCCCC(=O)Oc1ccc(N=Nc2ccc(CCCC)cc2)c(Cl)c1. The van der Waals surface area contributed by atoms with Crippen LogP contribution < -0.4 is 4.74 Å². The number of unbranched alkanes of at least 4 members (excludes halogenated alkanes) is 5. The molecule has 0 bridgehead atoms. The van der Waals surface area contributed by atoms with E-state index in [4.69, 9.17) is 16.3 Å². The molecule has 0 amide bonds. The highest BCUT2D eigenvalue weighted by atomic mass is 35.5. The summed E-state index contributed by atoms with van der Waals surface area (Å²) in [6.07, 6.45) is 9.36. The van der Waals surface area contributed by atoms with Crippen LogP contribution in [0.3, 0.4) is 0 Å². The van der Waals surface area contributed by atoms with Gasteiger partial charge in [0.2, 0.25) is 0 Å². The molecule has 0 radical (unpaired) electrons. The number of carbonyl (C=O) groups is 1. The maximum atomic E-state index is 11.9. The number of aryl methyl sites for hydroxylation is 1. The van der Waals surface area contributed by atoms with Crippen molar-refractivity contribution in [3.63, 3.8) is 0 Å². The predicted octanol–water partition coefficient (Wildman–Crippen LogP) is 8.36. The molecule has 0 heterocycles. The molecule has 0 aliphatic rings. The first-order valence-electron chi connectivity index (χ1n) is 10.6. The summed E-state index contributed by atoms with van der Waals surface area (Å²) in [7, 11) is 0. The minimum Gasteiger partial charge on any atom is -0.426 e. The normalized spacial score (nSPS) is 11.1. The summed E-state index contributed by atoms with van der Waals surface area (Å²) in [5, 5.41) is 8.87. The smallest absolute Gasteiger partial charge is 0.311 e. The number of rotatable bonds is 12. The number of hydrogen-bond donors (Lipinski definition) is 0. The molecule has 0 aliphatic carbocycles. The van der Waals surface area contributed by atoms with Gasteiger partial charge in [-0.1, -0.05) is 69.7 Å². The largest absolute Gasteiger partial charge is 0.426 e. The molecule has 0 aliphatic heterocycles. The second-order valence-electron chi connectivity index (χ2n) is 7.22. The minimum atomic E-state index is -0.227. The van der Waals surface area contributed by atoms with Crippen LogP contribution in [0.15, 0.2) is 52.7 Å². The van der Waals surface area contributed by atoms with Crippen LogP contribution in [-0.2, 0) is 11.2 Å². The topological polar surface area (TPSA) is 51.0 Å². The number of carbonyl (C=O) groups excluding carboxylic acids is 1. The molecule has 2 rings (SSSR count). The van der Waals surface area contributed by atoms with Gasteiger partial charge in [0, 0.05) is 12.5 Å². The summed E-state index contributed by atoms with van der Waals surface area (Å²) in [6, 6.07) is 13.1. The van der Waals surface area contributed by atoms with Crippen LogP contribution in [0.1, 0.15) is 70.8 Å². The average Bonchev–Trinajstić information content (AvgIpc) is 2.72. The molecule has 0 atom stereocenters. The van der Waals surface area contributed by atoms with Crippen molar-refractivity contribution in [1.82, 2.24) is 0 Å². The molecule has 0 saturated carbocycles. The Morgan fingerprint density at radius 2 is 1.62 bits per heavy atom. The summed E-state index contributed by atoms with van der Waals surface area (Å²) >= 11 is 6.28. The van der Waals surface area contributed by atoms with E-state index in [0.717, 1.165) is 31.4 Å². The molecule has 4 nitrogen and oxygen atoms in total. The molecule has 0 unspecified atom stereocenters. The minimum absolute atomic E-state index is 0.227. The molecular weight excluding hydrogens is 384 g/mol. The number of azo groups is 1. The molecule has 0 aromatic heterocycles. The Hall–Kier alpha value is -2.20. The second kappa shape index (κ2) is 13.1. The fourth-order valence-corrected chi connectivity index (χ4v) is 3.12. The fourth-order valence-electron chi connectivity index (χ4n) is 2.91. The number of ether oxygens (including phenoxy) is 1. The highest BCUT2D eigenvalue weighted by Gasteiger charge is 2.07. The molecule has 0 fully saturated rings. The van der Waals surface area contributed by atoms with Crippen molar-refractivity contribution >= 4 is 28.9 Å². The molecular formula is C24H31ClN2O2. The van der Waals surface area contributed by atoms with Crippen molar-refractivity contribution in [2.45, 2.75) is 71.6 Å². The van der Waals surface area contributed by atoms with Gasteiger partial charge in [-0.25, -0.2) is 0 Å². The van der Waals surface area contributed by atoms with Crippen molar-refractivity contribution in [3.8, 4) is 5.75 Å². The molecule has 0 saturated heterocycles. The Kier molecular flexibility index (Phi) is 10.4. The Morgan fingerprint density at radius 3 is 2.31 bits per heavy atom. The predicted molar refractivity (Wildman–Crippen MR) is 120 cm³/mol. The number of benzene rings is 2. The maximum Gasteiger partial charge on any atom is 0.311 e. The zero-order valence-corrected chi connectivity index (χ0v) is 18.3. The van der Waals surface area contributed by atoms with E-state index in [0.29, 0.717) is 22.9 Å². The lowest BCUT2D eigenvalue weighted by Gasteiger charge is -2.06. The lowest BCUT2D eigenvalue weighted by molar-refractivity contribution is -0.134. The van der Waals surface area contributed by atoms with E-state index in [1.807, 2.05) is 12.1 Å². The quantitative estimate of drug-likeness (QED) is 0.151. The van der Waals surface area contributed by atoms with Crippen LogP contribution in [0.2, 0.25) is 5.02 Å². The van der Waals surface area contributed by atoms with Gasteiger partial charge in [-0.15, -0.1) is 5.11 Å². The Bertz CT molecular complexity index is 788. The van der Waals surface area contributed by atoms with Gasteiger partial charge in [-0.2, -0.15) is 5.11 Å². The van der Waals surface area contributed by atoms with E-state index in [1.54, 1.807) is 18.2 Å². The van der Waals surface area contributed by atoms with Crippen molar-refractivity contribution < 1.29 is 9.53 Å². The van der Waals surface area contributed by atoms with Crippen molar-refractivity contribution in [3.05, 3.63) is 53.1 Å². The Morgan fingerprint density at radius 1 is 0.897 bits per heavy atom. The molecule has 2 aromatic carbocycles. The lowest BCUT2D eigenvalue weighted by atomic mass is 10.1. The van der Waals surface area contributed by atoms with Crippen molar-refractivity contribution in [2.24, 2.45) is 10.2 Å². The van der Waals surface area contributed by atoms with Gasteiger partial charge in [0.15, 0.2) is 0 Å². The molecule has 156 valence electrons. The first kappa shape index (κ1) is 23.1. The average molecular weight is 415 g/mol. The van der Waals surface area contributed by atoms with Crippen LogP contribution in [0.25, 0.3) is 0 Å². The Balaban J connectivity index is 1.87. The van der Waals surface area contributed by atoms with Gasteiger partial charge in [0.25, 0.3) is 0 Å². The summed E-state index contributed by atoms with van der Waals surface area (Å²) in [6.45, 7) is 4.36. The van der Waals surface area contributed by atoms with E-state index in [1.165, 1.54) is 31.2 Å². The molecule has 2 aromatic rings. The molecule has 0 spiro atoms. The third-order valence-electron chi connectivity index (χ3n) is 4.66. The summed E-state index contributed by atoms with van der Waals surface area (Å²) in [5.41, 5.74) is 2.63. The third kappa shape index (κ3) is 8.78. The Labute approximate surface area is 179 Å². The highest BCUT2D eigenvalue weighted by Crippen LogP contribution is 2.31. The van der Waals surface area contributed by atoms with Gasteiger partial charge in [-0.3, -0.25) is 4.79 Å². The van der Waals surface area contributed by atoms with Gasteiger partial charge in [-0.05, 0) is 49.1 Å². The van der Waals surface area contributed by atoms with E-state index >= 15 is 0 Å². The second-order valence-corrected chi connectivity index (χ2v) is 7.63. The molecule has 0 N–H and O–H groups in total. The number of nitrogens with zero attached hydrogens (tertiary/aromatic N) is 2. The summed E-state index contributed by atoms with van der Waals surface area (Å²) in [4.78, 5) is 11.9. The first-order chi connectivity index (χ1) is 14.1. The van der Waals surface area contributed by atoms with E-state index in [2.05, 4.69) is 36.2 Å². The van der Waals surface area contributed by atoms with Gasteiger partial charge in [0.1, 0.15) is 11.4 Å². The van der Waals surface area contributed by atoms with E-state index < -0.39 is 0 Å². The van der Waals surface area contributed by atoms with E-state index in [-0.39, 0.29) is 5.97 Å². The standard InChI is InChI=1S/C24H31ClN2O2/c1-3-5-7-8-9-11-24(28)29-21-16-17-23(22(25)18-21)27-26-20-14-12-19(13-15-20)10-6-4-2/h12-18H,3-11H2,1-2H3. The van der Waals surface area contributed by atoms with Crippen LogP contribution in [-0.4, -0.2) is 5.97 Å². The highest BCUT2D eigenvalue weighted by molar-refractivity contribution is 6.33. The first-order valence-corrected chi connectivity index (χ1v) is 11.0. The monoisotopic (exact) mass is 414 g/mol. The van der Waals surface area contributed by atoms with Crippen molar-refractivity contribution in [2.75, 3.05) is 0 Å². The van der Waals surface area contributed by atoms with Crippen LogP contribution in [0, 0.1) is 0 Å². The molecule has 29 heavy (non-hydrogen) atoms. The van der Waals surface area contributed by atoms with Gasteiger partial charge in [0.05, 0.1) is 10.7 Å². The molecule has 5 heteroatoms. The van der Waals surface area contributed by atoms with Gasteiger partial charge >= 0.3 is 5.97 Å². The lowest BCUT2D eigenvalue weighted by Crippen LogP contribution is -2.07. The maximum absolute atomic E-state index is 11.9. The summed E-state index contributed by atoms with van der Waals surface area (Å²) in [5.74, 6) is 0.211. The fraction of sp³-hybridized carbons (Fsp3) is 0.458.